The number of hydrogen-bond acceptors (Lipinski definition) is 6. The molecule has 0 aliphatic carbocycles. The number of aliphatic hydroxyl groups excluding tert-OH is 2. The summed E-state index contributed by atoms with van der Waals surface area (Å²) in [6, 6.07) is 0. The number of aliphatic hydroxyl groups is 2. The molecule has 0 spiro atoms. The van der Waals surface area contributed by atoms with E-state index in [0.29, 0.717) is 16.6 Å². The first-order valence-electron chi connectivity index (χ1n) is 4.70. The molecule has 1 rings (SSSR count). The molecular weight excluding hydrogens is 248 g/mol. The molecule has 0 radical (unpaired) electrons. The topological polar surface area (TPSA) is 82.5 Å². The van der Waals surface area contributed by atoms with E-state index in [1.54, 1.807) is 0 Å². The van der Waals surface area contributed by atoms with Crippen molar-refractivity contribution < 1.29 is 15.0 Å². The third kappa shape index (κ3) is 4.93. The second-order valence-corrected chi connectivity index (χ2v) is 5.07. The molecule has 0 aliphatic heterocycles. The smallest absolute Gasteiger partial charge is 0.223 e. The molecule has 0 aliphatic rings. The molecule has 90 valence electrons. The fraction of sp³-hybridized carbons (Fsp3) is 0.556. The van der Waals surface area contributed by atoms with Crippen LogP contribution in [0.3, 0.4) is 0 Å². The molecule has 0 saturated heterocycles. The molecule has 1 amide bonds. The summed E-state index contributed by atoms with van der Waals surface area (Å²) in [5.41, 5.74) is 0.865. The first-order chi connectivity index (χ1) is 7.61. The number of thioether (sulfide) groups is 1. The number of carbonyl (C=O) groups excluding carboxylic acids is 1. The average molecular weight is 262 g/mol. The fourth-order valence-corrected chi connectivity index (χ4v) is 2.65. The molecule has 0 saturated carbocycles. The Balaban J connectivity index is 2.32. The van der Waals surface area contributed by atoms with Crippen molar-refractivity contribution >= 4 is 34.1 Å². The molecule has 1 unspecified atom stereocenters. The van der Waals surface area contributed by atoms with E-state index in [1.165, 1.54) is 30.0 Å². The normalized spacial score (nSPS) is 12.4. The van der Waals surface area contributed by atoms with Crippen molar-refractivity contribution in [1.29, 1.82) is 0 Å². The predicted molar refractivity (Wildman–Crippen MR) is 65.7 cm³/mol. The lowest BCUT2D eigenvalue weighted by atomic mass is 10.4. The molecule has 5 nitrogen and oxygen atoms in total. The lowest BCUT2D eigenvalue weighted by Gasteiger charge is -2.04. The zero-order valence-corrected chi connectivity index (χ0v) is 10.5. The van der Waals surface area contributed by atoms with E-state index in [0.717, 1.165) is 5.69 Å². The predicted octanol–water partition coefficient (Wildman–Crippen LogP) is 0.688. The molecule has 0 fully saturated rings. The van der Waals surface area contributed by atoms with Gasteiger partial charge in [0.05, 0.1) is 18.4 Å². The van der Waals surface area contributed by atoms with Gasteiger partial charge in [0.15, 0.2) is 5.13 Å². The van der Waals surface area contributed by atoms with Crippen molar-refractivity contribution in [3.63, 3.8) is 0 Å². The van der Waals surface area contributed by atoms with Gasteiger partial charge < -0.3 is 15.5 Å². The Morgan fingerprint density at radius 1 is 1.75 bits per heavy atom. The minimum absolute atomic E-state index is 0.135. The van der Waals surface area contributed by atoms with Crippen LogP contribution < -0.4 is 5.32 Å². The van der Waals surface area contributed by atoms with Gasteiger partial charge in [0.25, 0.3) is 0 Å². The van der Waals surface area contributed by atoms with Gasteiger partial charge in [-0.25, -0.2) is 4.98 Å². The Labute approximate surface area is 102 Å². The van der Waals surface area contributed by atoms with Crippen molar-refractivity contribution in [3.05, 3.63) is 11.1 Å². The summed E-state index contributed by atoms with van der Waals surface area (Å²) in [7, 11) is 0. The molecule has 1 aromatic rings. The van der Waals surface area contributed by atoms with Crippen LogP contribution in [0.15, 0.2) is 5.38 Å². The Kier molecular flexibility index (Phi) is 5.75. The third-order valence-electron chi connectivity index (χ3n) is 1.61. The van der Waals surface area contributed by atoms with Gasteiger partial charge in [-0.1, -0.05) is 0 Å². The van der Waals surface area contributed by atoms with Crippen LogP contribution in [-0.2, 0) is 10.5 Å². The van der Waals surface area contributed by atoms with E-state index in [4.69, 9.17) is 10.2 Å². The highest BCUT2D eigenvalue weighted by Crippen LogP contribution is 2.19. The highest BCUT2D eigenvalue weighted by atomic mass is 32.2. The maximum atomic E-state index is 10.8. The van der Waals surface area contributed by atoms with Crippen LogP contribution in [0.5, 0.6) is 0 Å². The van der Waals surface area contributed by atoms with Crippen LogP contribution in [0.4, 0.5) is 5.13 Å². The largest absolute Gasteiger partial charge is 0.394 e. The Morgan fingerprint density at radius 2 is 2.50 bits per heavy atom. The standard InChI is InChI=1S/C9H14N2O3S2/c1-6(13)10-9-11-7(4-16-9)3-15-5-8(14)2-12/h4,8,12,14H,2-3,5H2,1H3,(H,10,11,13). The van der Waals surface area contributed by atoms with Crippen LogP contribution in [0, 0.1) is 0 Å². The first-order valence-corrected chi connectivity index (χ1v) is 6.74. The summed E-state index contributed by atoms with van der Waals surface area (Å²) in [4.78, 5) is 14.9. The molecule has 1 aromatic heterocycles. The Hall–Kier alpha value is -0.630. The van der Waals surface area contributed by atoms with E-state index in [9.17, 15) is 4.79 Å². The number of rotatable bonds is 6. The summed E-state index contributed by atoms with van der Waals surface area (Å²) < 4.78 is 0. The molecule has 1 atom stereocenters. The summed E-state index contributed by atoms with van der Waals surface area (Å²) in [6.07, 6.45) is -0.682. The molecule has 0 bridgehead atoms. The van der Waals surface area contributed by atoms with E-state index in [-0.39, 0.29) is 12.5 Å². The number of hydrogen-bond donors (Lipinski definition) is 3. The van der Waals surface area contributed by atoms with Gasteiger partial charge in [-0.05, 0) is 0 Å². The zero-order chi connectivity index (χ0) is 12.0. The Morgan fingerprint density at radius 3 is 3.12 bits per heavy atom. The van der Waals surface area contributed by atoms with Crippen LogP contribution >= 0.6 is 23.1 Å². The van der Waals surface area contributed by atoms with Crippen LogP contribution in [-0.4, -0.2) is 39.6 Å². The molecular formula is C9H14N2O3S2. The van der Waals surface area contributed by atoms with Crippen LogP contribution in [0.1, 0.15) is 12.6 Å². The van der Waals surface area contributed by atoms with Crippen molar-refractivity contribution in [2.45, 2.75) is 18.8 Å². The monoisotopic (exact) mass is 262 g/mol. The van der Waals surface area contributed by atoms with Gasteiger partial charge in [-0.2, -0.15) is 11.8 Å². The quantitative estimate of drug-likeness (QED) is 0.702. The third-order valence-corrected chi connectivity index (χ3v) is 3.53. The number of nitrogens with zero attached hydrogens (tertiary/aromatic N) is 1. The summed E-state index contributed by atoms with van der Waals surface area (Å²) in [6.45, 7) is 1.22. The van der Waals surface area contributed by atoms with Gasteiger partial charge in [0.2, 0.25) is 5.91 Å². The molecule has 3 N–H and O–H groups in total. The fourth-order valence-electron chi connectivity index (χ4n) is 0.934. The van der Waals surface area contributed by atoms with Gasteiger partial charge in [-0.15, -0.1) is 11.3 Å². The number of aromatic nitrogens is 1. The second kappa shape index (κ2) is 6.85. The maximum absolute atomic E-state index is 10.8. The number of amides is 1. The number of anilines is 1. The van der Waals surface area contributed by atoms with Crippen molar-refractivity contribution in [3.8, 4) is 0 Å². The maximum Gasteiger partial charge on any atom is 0.223 e. The van der Waals surface area contributed by atoms with Gasteiger partial charge in [-0.3, -0.25) is 4.79 Å². The SMILES string of the molecule is CC(=O)Nc1nc(CSCC(O)CO)cs1. The molecule has 7 heteroatoms. The number of nitrogens with one attached hydrogen (secondary N) is 1. The zero-order valence-electron chi connectivity index (χ0n) is 8.84. The minimum atomic E-state index is -0.682. The minimum Gasteiger partial charge on any atom is -0.394 e. The molecule has 0 aromatic carbocycles. The van der Waals surface area contributed by atoms with E-state index in [1.807, 2.05) is 5.38 Å². The van der Waals surface area contributed by atoms with Crippen molar-refractivity contribution in [1.82, 2.24) is 4.98 Å². The highest BCUT2D eigenvalue weighted by molar-refractivity contribution is 7.98. The van der Waals surface area contributed by atoms with E-state index >= 15 is 0 Å². The summed E-state index contributed by atoms with van der Waals surface area (Å²) in [5.74, 6) is 1.00. The van der Waals surface area contributed by atoms with Gasteiger partial charge in [0, 0.05) is 23.8 Å². The summed E-state index contributed by atoms with van der Waals surface area (Å²) >= 11 is 2.87. The number of carbonyl (C=O) groups is 1. The summed E-state index contributed by atoms with van der Waals surface area (Å²) in [5, 5.41) is 22.8. The van der Waals surface area contributed by atoms with Crippen LogP contribution in [0.25, 0.3) is 0 Å². The van der Waals surface area contributed by atoms with Gasteiger partial charge in [0.1, 0.15) is 0 Å². The van der Waals surface area contributed by atoms with E-state index in [2.05, 4.69) is 10.3 Å². The lowest BCUT2D eigenvalue weighted by molar-refractivity contribution is -0.114. The Bertz CT molecular complexity index is 343. The van der Waals surface area contributed by atoms with Crippen LogP contribution in [0.2, 0.25) is 0 Å². The van der Waals surface area contributed by atoms with E-state index < -0.39 is 6.10 Å². The van der Waals surface area contributed by atoms with Crippen molar-refractivity contribution in [2.75, 3.05) is 17.7 Å². The average Bonchev–Trinajstić information content (AvgIpc) is 2.64. The van der Waals surface area contributed by atoms with Gasteiger partial charge >= 0.3 is 0 Å². The second-order valence-electron chi connectivity index (χ2n) is 3.18. The number of thiazole rings is 1. The highest BCUT2D eigenvalue weighted by Gasteiger charge is 2.05. The molecule has 1 heterocycles. The lowest BCUT2D eigenvalue weighted by Crippen LogP contribution is -2.14. The van der Waals surface area contributed by atoms with Crippen molar-refractivity contribution in [2.24, 2.45) is 0 Å². The first kappa shape index (κ1) is 13.4. The molecule has 16 heavy (non-hydrogen) atoms.